The fourth-order valence-corrected chi connectivity index (χ4v) is 3.45. The van der Waals surface area contributed by atoms with E-state index in [1.165, 1.54) is 22.8 Å². The first-order valence-corrected chi connectivity index (χ1v) is 8.39. The van der Waals surface area contributed by atoms with Crippen molar-refractivity contribution in [2.24, 2.45) is 0 Å². The minimum absolute atomic E-state index is 0.0298. The van der Waals surface area contributed by atoms with Gasteiger partial charge < -0.3 is 9.84 Å². The maximum Gasteiger partial charge on any atom is 0.499 e. The molecule has 0 saturated carbocycles. The maximum atomic E-state index is 13.0. The Morgan fingerprint density at radius 2 is 1.85 bits per heavy atom. The number of ether oxygens (including phenoxy) is 1. The first-order chi connectivity index (χ1) is 12.4. The van der Waals surface area contributed by atoms with Crippen molar-refractivity contribution in [3.8, 4) is 10.8 Å². The number of aromatic hydroxyl groups is 1. The molecule has 0 aliphatic rings. The summed E-state index contributed by atoms with van der Waals surface area (Å²) in [6, 6.07) is 6.20. The van der Waals surface area contributed by atoms with Crippen LogP contribution >= 0.6 is 22.9 Å². The Morgan fingerprint density at radius 3 is 2.48 bits per heavy atom. The Bertz CT molecular complexity index is 1040. The van der Waals surface area contributed by atoms with E-state index >= 15 is 0 Å². The summed E-state index contributed by atoms with van der Waals surface area (Å²) in [4.78, 5) is 12.6. The largest absolute Gasteiger partial charge is 0.506 e. The molecule has 0 saturated heterocycles. The molecule has 0 amide bonds. The van der Waals surface area contributed by atoms with Crippen molar-refractivity contribution < 1.29 is 36.6 Å². The fraction of sp³-hybridized carbons (Fsp3) is 0.188. The molecule has 1 aromatic carbocycles. The highest BCUT2D eigenvalue weighted by Crippen LogP contribution is 2.40. The summed E-state index contributed by atoms with van der Waals surface area (Å²) in [7, 11) is 0. The van der Waals surface area contributed by atoms with Crippen LogP contribution in [0.25, 0.3) is 10.9 Å². The number of carbonyl (C=O) groups is 1. The molecule has 144 valence electrons. The Hall–Kier alpha value is -2.33. The molecule has 4 nitrogen and oxygen atoms in total. The third kappa shape index (κ3) is 3.34. The second kappa shape index (κ2) is 6.38. The standard InChI is InChI=1S/C16H9ClF5NO3S/c1-7-6-8-9(2-3-10(24)13(8)17)23(7)14(25)11-4-5-12(27-11)26-16(21,22)15(18,19)20/h2-6,24H,1H3. The normalized spacial score (nSPS) is 12.6. The molecule has 1 N–H and O–H groups in total. The lowest BCUT2D eigenvalue weighted by Gasteiger charge is -2.18. The molecule has 2 aromatic heterocycles. The average Bonchev–Trinajstić information content (AvgIpc) is 3.13. The average molecular weight is 426 g/mol. The van der Waals surface area contributed by atoms with Crippen LogP contribution in [0.15, 0.2) is 30.3 Å². The number of thiophene rings is 1. The third-order valence-corrected chi connectivity index (χ3v) is 4.99. The summed E-state index contributed by atoms with van der Waals surface area (Å²) < 4.78 is 67.6. The van der Waals surface area contributed by atoms with Crippen LogP contribution in [0.5, 0.6) is 10.8 Å². The number of aryl methyl sites for hydroxylation is 1. The number of aromatic nitrogens is 1. The number of benzene rings is 1. The van der Waals surface area contributed by atoms with E-state index in [0.29, 0.717) is 27.9 Å². The molecule has 0 unspecified atom stereocenters. The smallest absolute Gasteiger partial charge is 0.499 e. The van der Waals surface area contributed by atoms with Gasteiger partial charge in [-0.25, -0.2) is 0 Å². The molecule has 3 rings (SSSR count). The van der Waals surface area contributed by atoms with E-state index in [1.54, 1.807) is 6.92 Å². The van der Waals surface area contributed by atoms with Crippen LogP contribution < -0.4 is 4.74 Å². The van der Waals surface area contributed by atoms with Crippen molar-refractivity contribution in [3.05, 3.63) is 45.9 Å². The lowest BCUT2D eigenvalue weighted by Crippen LogP contribution is -2.41. The highest BCUT2D eigenvalue weighted by molar-refractivity contribution is 7.15. The van der Waals surface area contributed by atoms with Gasteiger partial charge in [-0.1, -0.05) is 22.9 Å². The van der Waals surface area contributed by atoms with E-state index in [-0.39, 0.29) is 15.6 Å². The minimum Gasteiger partial charge on any atom is -0.506 e. The van der Waals surface area contributed by atoms with Crippen molar-refractivity contribution in [2.45, 2.75) is 19.2 Å². The van der Waals surface area contributed by atoms with Gasteiger partial charge in [0.05, 0.1) is 15.4 Å². The van der Waals surface area contributed by atoms with E-state index in [9.17, 15) is 31.9 Å². The number of carbonyl (C=O) groups excluding carboxylic acids is 1. The lowest BCUT2D eigenvalue weighted by molar-refractivity contribution is -0.359. The zero-order valence-electron chi connectivity index (χ0n) is 13.3. The molecule has 27 heavy (non-hydrogen) atoms. The highest BCUT2D eigenvalue weighted by atomic mass is 35.5. The number of phenols is 1. The van der Waals surface area contributed by atoms with E-state index in [0.717, 1.165) is 12.1 Å². The van der Waals surface area contributed by atoms with Crippen LogP contribution in [0.4, 0.5) is 22.0 Å². The van der Waals surface area contributed by atoms with Gasteiger partial charge in [-0.3, -0.25) is 9.36 Å². The molecule has 0 bridgehead atoms. The molecule has 0 aliphatic heterocycles. The number of rotatable bonds is 3. The van der Waals surface area contributed by atoms with E-state index < -0.39 is 23.3 Å². The van der Waals surface area contributed by atoms with Crippen LogP contribution in [0, 0.1) is 6.92 Å². The van der Waals surface area contributed by atoms with Crippen molar-refractivity contribution >= 4 is 39.7 Å². The third-order valence-electron chi connectivity index (χ3n) is 3.64. The molecule has 0 radical (unpaired) electrons. The number of hydrogen-bond donors (Lipinski definition) is 1. The first-order valence-electron chi connectivity index (χ1n) is 7.20. The second-order valence-electron chi connectivity index (χ2n) is 5.49. The van der Waals surface area contributed by atoms with Gasteiger partial charge in [0.25, 0.3) is 5.91 Å². The van der Waals surface area contributed by atoms with Crippen LogP contribution in [-0.2, 0) is 0 Å². The number of halogens is 6. The Labute approximate surface area is 157 Å². The molecule has 0 spiro atoms. The Morgan fingerprint density at radius 1 is 1.19 bits per heavy atom. The monoisotopic (exact) mass is 425 g/mol. The Kier molecular flexibility index (Phi) is 4.59. The van der Waals surface area contributed by atoms with Crippen molar-refractivity contribution in [1.29, 1.82) is 0 Å². The van der Waals surface area contributed by atoms with Crippen molar-refractivity contribution in [1.82, 2.24) is 4.57 Å². The van der Waals surface area contributed by atoms with Crippen LogP contribution in [0.3, 0.4) is 0 Å². The topological polar surface area (TPSA) is 51.5 Å². The van der Waals surface area contributed by atoms with Crippen LogP contribution in [0.2, 0.25) is 5.02 Å². The predicted octanol–water partition coefficient (Wildman–Crippen LogP) is 5.59. The first kappa shape index (κ1) is 19.4. The fourth-order valence-electron chi connectivity index (χ4n) is 2.42. The summed E-state index contributed by atoms with van der Waals surface area (Å²) in [5, 5.41) is 9.31. The number of nitrogens with zero attached hydrogens (tertiary/aromatic N) is 1. The second-order valence-corrected chi connectivity index (χ2v) is 6.92. The molecule has 0 fully saturated rings. The molecular weight excluding hydrogens is 417 g/mol. The van der Waals surface area contributed by atoms with E-state index in [2.05, 4.69) is 4.74 Å². The molecular formula is C16H9ClF5NO3S. The van der Waals surface area contributed by atoms with Gasteiger partial charge in [0, 0.05) is 11.1 Å². The minimum atomic E-state index is -5.88. The maximum absolute atomic E-state index is 13.0. The quantitative estimate of drug-likeness (QED) is 0.556. The van der Waals surface area contributed by atoms with Crippen LogP contribution in [-0.4, -0.2) is 27.9 Å². The van der Waals surface area contributed by atoms with Crippen LogP contribution in [0.1, 0.15) is 15.4 Å². The van der Waals surface area contributed by atoms with Gasteiger partial charge >= 0.3 is 12.3 Å². The van der Waals surface area contributed by atoms with Gasteiger partial charge in [-0.05, 0) is 37.3 Å². The molecule has 2 heterocycles. The predicted molar refractivity (Wildman–Crippen MR) is 89.0 cm³/mol. The highest BCUT2D eigenvalue weighted by Gasteiger charge is 2.61. The SMILES string of the molecule is Cc1cc2c(Cl)c(O)ccc2n1C(=O)c1ccc(OC(F)(F)C(F)(F)F)s1. The summed E-state index contributed by atoms with van der Waals surface area (Å²) in [5.74, 6) is -0.852. The zero-order valence-corrected chi connectivity index (χ0v) is 14.8. The molecule has 11 heteroatoms. The molecule has 0 aliphatic carbocycles. The number of hydrogen-bond acceptors (Lipinski definition) is 4. The van der Waals surface area contributed by atoms with Crippen molar-refractivity contribution in [2.75, 3.05) is 0 Å². The number of alkyl halides is 5. The summed E-state index contributed by atoms with van der Waals surface area (Å²) in [6.45, 7) is 1.58. The number of phenolic OH excluding ortho intramolecular Hbond substituents is 1. The van der Waals surface area contributed by atoms with Gasteiger partial charge in [0.15, 0.2) is 5.06 Å². The van der Waals surface area contributed by atoms with E-state index in [1.807, 2.05) is 0 Å². The molecule has 3 aromatic rings. The number of fused-ring (bicyclic) bond motifs is 1. The van der Waals surface area contributed by atoms with Gasteiger partial charge in [0.1, 0.15) is 5.75 Å². The Balaban J connectivity index is 1.97. The van der Waals surface area contributed by atoms with Gasteiger partial charge in [0.2, 0.25) is 0 Å². The summed E-state index contributed by atoms with van der Waals surface area (Å²) >= 11 is 6.35. The van der Waals surface area contributed by atoms with Gasteiger partial charge in [-0.15, -0.1) is 0 Å². The molecule has 0 atom stereocenters. The lowest BCUT2D eigenvalue weighted by atomic mass is 10.2. The zero-order chi connectivity index (χ0) is 20.1. The van der Waals surface area contributed by atoms with Crippen molar-refractivity contribution in [3.63, 3.8) is 0 Å². The van der Waals surface area contributed by atoms with Gasteiger partial charge in [-0.2, -0.15) is 22.0 Å². The summed E-state index contributed by atoms with van der Waals surface area (Å²) in [6.07, 6.45) is -11.3. The summed E-state index contributed by atoms with van der Waals surface area (Å²) in [5.41, 5.74) is 0.774. The van der Waals surface area contributed by atoms with E-state index in [4.69, 9.17) is 11.6 Å².